The average molecular weight is 472 g/mol. The molecule has 4 aromatic rings. The van der Waals surface area contributed by atoms with Crippen LogP contribution in [-0.4, -0.2) is 17.6 Å². The van der Waals surface area contributed by atoms with Gasteiger partial charge < -0.3 is 14.5 Å². The number of nitrogens with one attached hydrogen (secondary N) is 1. The first-order valence-electron chi connectivity index (χ1n) is 10.7. The Morgan fingerprint density at radius 1 is 1.24 bits per heavy atom. The van der Waals surface area contributed by atoms with Crippen molar-refractivity contribution < 1.29 is 13.9 Å². The van der Waals surface area contributed by atoms with E-state index in [1.807, 2.05) is 19.1 Å². The highest BCUT2D eigenvalue weighted by Crippen LogP contribution is 2.26. The predicted octanol–water partition coefficient (Wildman–Crippen LogP) is 5.85. The lowest BCUT2D eigenvalue weighted by Crippen LogP contribution is -2.06. The van der Waals surface area contributed by atoms with E-state index in [4.69, 9.17) is 9.15 Å². The molecule has 0 fully saturated rings. The van der Waals surface area contributed by atoms with E-state index in [1.165, 1.54) is 11.3 Å². The van der Waals surface area contributed by atoms with E-state index in [9.17, 15) is 14.9 Å². The molecular formula is C26H21N3O4S. The second-order valence-electron chi connectivity index (χ2n) is 7.40. The van der Waals surface area contributed by atoms with E-state index in [0.29, 0.717) is 45.3 Å². The van der Waals surface area contributed by atoms with E-state index in [-0.39, 0.29) is 5.97 Å². The Labute approximate surface area is 200 Å². The number of hydrogen-bond acceptors (Lipinski definition) is 8. The molecule has 0 unspecified atom stereocenters. The lowest BCUT2D eigenvalue weighted by atomic mass is 10.1. The summed E-state index contributed by atoms with van der Waals surface area (Å²) in [6, 6.07) is 17.9. The van der Waals surface area contributed by atoms with Crippen molar-refractivity contribution in [2.75, 3.05) is 11.9 Å². The maximum absolute atomic E-state index is 12.4. The molecule has 4 rings (SSSR count). The minimum absolute atomic E-state index is 0.310. The molecule has 2 aromatic carbocycles. The Morgan fingerprint density at radius 2 is 2.03 bits per heavy atom. The number of thiazole rings is 1. The van der Waals surface area contributed by atoms with Gasteiger partial charge in [-0.15, -0.1) is 11.3 Å². The Kier molecular flexibility index (Phi) is 7.16. The van der Waals surface area contributed by atoms with E-state index in [2.05, 4.69) is 16.4 Å². The quantitative estimate of drug-likeness (QED) is 0.149. The van der Waals surface area contributed by atoms with E-state index < -0.39 is 5.63 Å². The fourth-order valence-electron chi connectivity index (χ4n) is 3.15. The topological polar surface area (TPSA) is 105 Å². The number of anilines is 1. The number of carbonyl (C=O) groups is 1. The van der Waals surface area contributed by atoms with Crippen molar-refractivity contribution in [2.45, 2.75) is 19.8 Å². The van der Waals surface area contributed by atoms with Crippen molar-refractivity contribution in [1.29, 1.82) is 5.26 Å². The van der Waals surface area contributed by atoms with Crippen LogP contribution in [0.25, 0.3) is 27.8 Å². The molecule has 2 aromatic heterocycles. The summed E-state index contributed by atoms with van der Waals surface area (Å²) in [5.74, 6) is -0.360. The molecule has 0 aliphatic carbocycles. The molecule has 0 aliphatic rings. The Bertz CT molecular complexity index is 1450. The summed E-state index contributed by atoms with van der Waals surface area (Å²) in [4.78, 5) is 28.9. The summed E-state index contributed by atoms with van der Waals surface area (Å²) < 4.78 is 10.6. The van der Waals surface area contributed by atoms with Crippen LogP contribution in [0.4, 0.5) is 5.69 Å². The zero-order valence-corrected chi connectivity index (χ0v) is 19.2. The van der Waals surface area contributed by atoms with Crippen LogP contribution in [0.1, 0.15) is 35.1 Å². The number of unbranched alkanes of at least 4 members (excludes halogenated alkanes) is 1. The van der Waals surface area contributed by atoms with E-state index in [1.54, 1.807) is 54.0 Å². The largest absolute Gasteiger partial charge is 0.462 e. The number of para-hydroxylation sites is 1. The highest BCUT2D eigenvalue weighted by atomic mass is 32.1. The van der Waals surface area contributed by atoms with Gasteiger partial charge in [-0.1, -0.05) is 31.5 Å². The first kappa shape index (κ1) is 23.0. The number of nitrogens with zero attached hydrogens (tertiary/aromatic N) is 2. The van der Waals surface area contributed by atoms with Crippen molar-refractivity contribution in [3.63, 3.8) is 0 Å². The number of carbonyl (C=O) groups excluding carboxylic acids is 1. The second kappa shape index (κ2) is 10.6. The number of hydrogen-bond donors (Lipinski definition) is 1. The lowest BCUT2D eigenvalue weighted by Gasteiger charge is -2.05. The van der Waals surface area contributed by atoms with Crippen LogP contribution < -0.4 is 10.9 Å². The van der Waals surface area contributed by atoms with Crippen LogP contribution in [-0.2, 0) is 4.74 Å². The molecule has 0 radical (unpaired) electrons. The van der Waals surface area contributed by atoms with Gasteiger partial charge >= 0.3 is 11.6 Å². The summed E-state index contributed by atoms with van der Waals surface area (Å²) in [6.45, 7) is 2.44. The predicted molar refractivity (Wildman–Crippen MR) is 132 cm³/mol. The number of nitriles is 1. The third kappa shape index (κ3) is 5.22. The summed E-state index contributed by atoms with van der Waals surface area (Å²) in [6.07, 6.45) is 3.33. The van der Waals surface area contributed by atoms with Gasteiger partial charge in [0.1, 0.15) is 22.2 Å². The first-order chi connectivity index (χ1) is 16.6. The highest BCUT2D eigenvalue weighted by Gasteiger charge is 2.14. The van der Waals surface area contributed by atoms with Gasteiger partial charge in [-0.25, -0.2) is 14.6 Å². The number of esters is 1. The molecule has 0 amide bonds. The van der Waals surface area contributed by atoms with Gasteiger partial charge in [0.15, 0.2) is 0 Å². The fraction of sp³-hybridized carbons (Fsp3) is 0.154. The van der Waals surface area contributed by atoms with Gasteiger partial charge in [0, 0.05) is 22.7 Å². The van der Waals surface area contributed by atoms with Gasteiger partial charge in [0.25, 0.3) is 0 Å². The lowest BCUT2D eigenvalue weighted by molar-refractivity contribution is 0.0500. The van der Waals surface area contributed by atoms with Crippen LogP contribution >= 0.6 is 11.3 Å². The van der Waals surface area contributed by atoms with Crippen molar-refractivity contribution in [2.24, 2.45) is 0 Å². The molecule has 0 atom stereocenters. The zero-order chi connectivity index (χ0) is 23.9. The standard InChI is InChI=1S/C26H21N3O4S/c1-2-3-12-32-25(30)17-8-10-20(11-9-17)28-15-19(14-27)24-29-22(16-34-24)21-13-18-6-4-5-7-23(18)33-26(21)31/h4-11,13,15-16,28H,2-3,12H2,1H3/b19-15-. The second-order valence-corrected chi connectivity index (χ2v) is 8.26. The summed E-state index contributed by atoms with van der Waals surface area (Å²) in [5.41, 5.74) is 2.29. The normalized spacial score (nSPS) is 11.2. The molecule has 0 aliphatic heterocycles. The minimum Gasteiger partial charge on any atom is -0.462 e. The number of rotatable bonds is 8. The number of allylic oxidation sites excluding steroid dienone is 1. The van der Waals surface area contributed by atoms with Crippen LogP contribution in [0.2, 0.25) is 0 Å². The number of aromatic nitrogens is 1. The monoisotopic (exact) mass is 471 g/mol. The molecule has 2 heterocycles. The van der Waals surface area contributed by atoms with Crippen molar-refractivity contribution in [1.82, 2.24) is 4.98 Å². The van der Waals surface area contributed by atoms with Gasteiger partial charge in [0.05, 0.1) is 23.4 Å². The molecule has 8 heteroatoms. The third-order valence-electron chi connectivity index (χ3n) is 5.01. The minimum atomic E-state index is -0.482. The van der Waals surface area contributed by atoms with Crippen LogP contribution in [0.3, 0.4) is 0 Å². The molecular weight excluding hydrogens is 450 g/mol. The fourth-order valence-corrected chi connectivity index (χ4v) is 3.94. The smallest absolute Gasteiger partial charge is 0.345 e. The van der Waals surface area contributed by atoms with Crippen LogP contribution in [0.15, 0.2) is 75.4 Å². The first-order valence-corrected chi connectivity index (χ1v) is 11.6. The summed E-state index contributed by atoms with van der Waals surface area (Å²) in [7, 11) is 0. The van der Waals surface area contributed by atoms with Gasteiger partial charge in [-0.2, -0.15) is 5.26 Å². The van der Waals surface area contributed by atoms with Crippen molar-refractivity contribution >= 4 is 39.5 Å². The van der Waals surface area contributed by atoms with Gasteiger partial charge in [-0.3, -0.25) is 0 Å². The Morgan fingerprint density at radius 3 is 2.79 bits per heavy atom. The molecule has 0 bridgehead atoms. The van der Waals surface area contributed by atoms with E-state index >= 15 is 0 Å². The Balaban J connectivity index is 1.49. The molecule has 0 spiro atoms. The van der Waals surface area contributed by atoms with E-state index in [0.717, 1.165) is 18.2 Å². The number of fused-ring (bicyclic) bond motifs is 1. The van der Waals surface area contributed by atoms with Crippen molar-refractivity contribution in [3.8, 4) is 17.3 Å². The zero-order valence-electron chi connectivity index (χ0n) is 18.4. The summed E-state index contributed by atoms with van der Waals surface area (Å²) in [5, 5.41) is 15.6. The van der Waals surface area contributed by atoms with Crippen LogP contribution in [0.5, 0.6) is 0 Å². The maximum Gasteiger partial charge on any atom is 0.345 e. The summed E-state index contributed by atoms with van der Waals surface area (Å²) >= 11 is 1.26. The molecule has 0 saturated carbocycles. The van der Waals surface area contributed by atoms with Crippen LogP contribution in [0, 0.1) is 11.3 Å². The highest BCUT2D eigenvalue weighted by molar-refractivity contribution is 7.11. The van der Waals surface area contributed by atoms with Gasteiger partial charge in [-0.05, 0) is 42.8 Å². The third-order valence-corrected chi connectivity index (χ3v) is 5.88. The molecule has 1 N–H and O–H groups in total. The SMILES string of the molecule is CCCCOC(=O)c1ccc(N/C=C(/C#N)c2nc(-c3cc4ccccc4oc3=O)cs2)cc1. The number of ether oxygens (including phenoxy) is 1. The molecule has 34 heavy (non-hydrogen) atoms. The molecule has 0 saturated heterocycles. The van der Waals surface area contributed by atoms with Crippen molar-refractivity contribution in [3.05, 3.63) is 87.2 Å². The van der Waals surface area contributed by atoms with Gasteiger partial charge in [0.2, 0.25) is 0 Å². The Hall–Kier alpha value is -4.22. The maximum atomic E-state index is 12.4. The molecule has 170 valence electrons. The molecule has 7 nitrogen and oxygen atoms in total. The number of benzene rings is 2. The average Bonchev–Trinajstić information content (AvgIpc) is 3.34.